The molecule has 1 heterocycles. The lowest BCUT2D eigenvalue weighted by Crippen LogP contribution is -2.11. The molecule has 0 amide bonds. The monoisotopic (exact) mass is 592 g/mol. The summed E-state index contributed by atoms with van der Waals surface area (Å²) in [5.41, 5.74) is 5.84. The number of thiol groups is 1. The van der Waals surface area contributed by atoms with Gasteiger partial charge in [-0.15, -0.1) is 0 Å². The summed E-state index contributed by atoms with van der Waals surface area (Å²) in [6.07, 6.45) is 0. The summed E-state index contributed by atoms with van der Waals surface area (Å²) in [5, 5.41) is 0. The third-order valence-electron chi connectivity index (χ3n) is 6.64. The summed E-state index contributed by atoms with van der Waals surface area (Å²) in [6, 6.07) is 31.2. The van der Waals surface area contributed by atoms with Crippen molar-refractivity contribution in [2.45, 2.75) is 67.1 Å². The molecule has 0 fully saturated rings. The molecule has 0 aromatic heterocycles. The first-order valence-corrected chi connectivity index (χ1v) is 14.6. The minimum Gasteiger partial charge on any atom is -0.457 e. The van der Waals surface area contributed by atoms with Crippen LogP contribution in [-0.2, 0) is 10.8 Å². The molecule has 35 heavy (non-hydrogen) atoms. The number of fused-ring (bicyclic) bond motifs is 3. The molecular weight excluding hydrogens is 559 g/mol. The molecule has 0 unspecified atom stereocenters. The van der Waals surface area contributed by atoms with Crippen molar-refractivity contribution in [3.8, 4) is 22.6 Å². The van der Waals surface area contributed by atoms with Gasteiger partial charge in [0.15, 0.2) is 0 Å². The van der Waals surface area contributed by atoms with Crippen LogP contribution in [0, 0.1) is 3.57 Å². The predicted molar refractivity (Wildman–Crippen MR) is 159 cm³/mol. The first-order chi connectivity index (χ1) is 16.5. The van der Waals surface area contributed by atoms with Gasteiger partial charge < -0.3 is 4.74 Å². The first kappa shape index (κ1) is 24.5. The number of benzene rings is 4. The van der Waals surface area contributed by atoms with Crippen LogP contribution >= 0.6 is 33.5 Å². The van der Waals surface area contributed by atoms with Gasteiger partial charge in [-0.05, 0) is 133 Å². The Bertz CT molecular complexity index is 1310. The van der Waals surface area contributed by atoms with Crippen molar-refractivity contribution < 1.29 is 4.74 Å². The zero-order valence-corrected chi connectivity index (χ0v) is 24.4. The zero-order valence-electron chi connectivity index (χ0n) is 21.3. The molecular formula is C32H33IOS. The van der Waals surface area contributed by atoms with Crippen LogP contribution in [0.25, 0.3) is 11.1 Å². The minimum absolute atomic E-state index is 0.122. The minimum atomic E-state index is -0.601. The molecule has 4 aromatic carbocycles. The van der Waals surface area contributed by atoms with E-state index in [0.29, 0.717) is 0 Å². The van der Waals surface area contributed by atoms with Gasteiger partial charge in [0, 0.05) is 13.4 Å². The maximum absolute atomic E-state index is 6.10. The van der Waals surface area contributed by atoms with Crippen molar-refractivity contribution in [3.05, 3.63) is 99.6 Å². The fraction of sp³-hybridized carbons (Fsp3) is 0.250. The lowest BCUT2D eigenvalue weighted by atomic mass is 9.83. The molecule has 3 heteroatoms. The second-order valence-corrected chi connectivity index (χ2v) is 14.7. The van der Waals surface area contributed by atoms with Crippen molar-refractivity contribution in [3.63, 3.8) is 0 Å². The molecule has 0 aliphatic carbocycles. The molecule has 180 valence electrons. The van der Waals surface area contributed by atoms with Crippen LogP contribution < -0.4 is 4.74 Å². The molecule has 0 atom stereocenters. The van der Waals surface area contributed by atoms with E-state index in [2.05, 4.69) is 137 Å². The van der Waals surface area contributed by atoms with Crippen molar-refractivity contribution in [1.82, 2.24) is 0 Å². The molecule has 1 nitrogen and oxygen atoms in total. The highest BCUT2D eigenvalue weighted by Gasteiger charge is 2.30. The van der Waals surface area contributed by atoms with Crippen LogP contribution in [0.5, 0.6) is 11.5 Å². The summed E-state index contributed by atoms with van der Waals surface area (Å²) < 4.78 is 7.30. The summed E-state index contributed by atoms with van der Waals surface area (Å²) >= 11 is 2.31. The van der Waals surface area contributed by atoms with Crippen LogP contribution in [0.15, 0.2) is 99.6 Å². The number of rotatable bonds is 3. The van der Waals surface area contributed by atoms with Crippen LogP contribution in [-0.4, -0.2) is 0 Å². The molecule has 0 bridgehead atoms. The number of ether oxygens (including phenoxy) is 1. The number of hydrogen-bond acceptors (Lipinski definition) is 1. The lowest BCUT2D eigenvalue weighted by molar-refractivity contribution is 0.482. The highest BCUT2D eigenvalue weighted by molar-refractivity contribution is 14.1. The van der Waals surface area contributed by atoms with Crippen LogP contribution in [0.1, 0.15) is 52.7 Å². The van der Waals surface area contributed by atoms with Crippen molar-refractivity contribution >= 4 is 33.5 Å². The zero-order chi connectivity index (χ0) is 25.0. The fourth-order valence-electron chi connectivity index (χ4n) is 4.54. The van der Waals surface area contributed by atoms with Gasteiger partial charge in [-0.25, -0.2) is 0 Å². The second-order valence-electron chi connectivity index (χ2n) is 11.3. The normalized spacial score (nSPS) is 14.0. The van der Waals surface area contributed by atoms with Gasteiger partial charge in [-0.3, -0.25) is 0 Å². The predicted octanol–water partition coefficient (Wildman–Crippen LogP) is 10.1. The van der Waals surface area contributed by atoms with E-state index >= 15 is 0 Å². The molecule has 0 radical (unpaired) electrons. The van der Waals surface area contributed by atoms with Gasteiger partial charge >= 0.3 is 0 Å². The van der Waals surface area contributed by atoms with Gasteiger partial charge in [0.2, 0.25) is 0 Å². The Balaban J connectivity index is 1.57. The molecule has 0 spiro atoms. The standard InChI is InChI=1S/C32H33IOS/c1-31(2,3)21-7-17-29-27(19-21)28-20-22(32(4,5)6)8-18-30(28)35(29)26-15-13-25(14-16-26)34-24-11-9-23(33)10-12-24/h7-20,35H,1-6H3. The largest absolute Gasteiger partial charge is 0.457 e. The number of halogens is 1. The molecule has 5 rings (SSSR count). The smallest absolute Gasteiger partial charge is 0.127 e. The van der Waals surface area contributed by atoms with Gasteiger partial charge in [0.1, 0.15) is 11.5 Å². The van der Waals surface area contributed by atoms with Gasteiger partial charge in [-0.2, -0.15) is 10.9 Å². The summed E-state index contributed by atoms with van der Waals surface area (Å²) in [5.74, 6) is 1.74. The summed E-state index contributed by atoms with van der Waals surface area (Å²) in [7, 11) is -0.601. The van der Waals surface area contributed by atoms with E-state index in [9.17, 15) is 0 Å². The van der Waals surface area contributed by atoms with Gasteiger partial charge in [0.25, 0.3) is 0 Å². The van der Waals surface area contributed by atoms with Crippen molar-refractivity contribution in [2.24, 2.45) is 0 Å². The van der Waals surface area contributed by atoms with E-state index < -0.39 is 10.9 Å². The van der Waals surface area contributed by atoms with E-state index in [1.54, 1.807) is 0 Å². The Morgan fingerprint density at radius 2 is 1.00 bits per heavy atom. The molecule has 1 aliphatic heterocycles. The van der Waals surface area contributed by atoms with E-state index in [4.69, 9.17) is 4.74 Å². The van der Waals surface area contributed by atoms with Crippen LogP contribution in [0.4, 0.5) is 0 Å². The highest BCUT2D eigenvalue weighted by Crippen LogP contribution is 2.63. The van der Waals surface area contributed by atoms with Gasteiger partial charge in [-0.1, -0.05) is 53.7 Å². The topological polar surface area (TPSA) is 9.23 Å². The Hall–Kier alpha value is -2.24. The van der Waals surface area contributed by atoms with Crippen LogP contribution in [0.2, 0.25) is 0 Å². The lowest BCUT2D eigenvalue weighted by Gasteiger charge is -2.23. The SMILES string of the molecule is CC(C)(C)c1ccc2c(c1)-c1cc(C(C)(C)C)ccc1[SH]2c1ccc(Oc2ccc(I)cc2)cc1. The Morgan fingerprint density at radius 1 is 0.571 bits per heavy atom. The van der Waals surface area contributed by atoms with E-state index in [1.165, 1.54) is 40.5 Å². The second kappa shape index (κ2) is 9.01. The molecule has 0 saturated heterocycles. The Kier molecular flexibility index (Phi) is 6.29. The summed E-state index contributed by atoms with van der Waals surface area (Å²) in [4.78, 5) is 4.28. The third-order valence-corrected chi connectivity index (χ3v) is 9.92. The van der Waals surface area contributed by atoms with Crippen LogP contribution in [0.3, 0.4) is 0 Å². The Labute approximate surface area is 226 Å². The third kappa shape index (κ3) is 4.90. The van der Waals surface area contributed by atoms with E-state index in [0.717, 1.165) is 11.5 Å². The molecule has 1 aliphatic rings. The molecule has 0 saturated carbocycles. The Morgan fingerprint density at radius 3 is 1.43 bits per heavy atom. The maximum Gasteiger partial charge on any atom is 0.127 e. The highest BCUT2D eigenvalue weighted by atomic mass is 127. The maximum atomic E-state index is 6.10. The molecule has 0 N–H and O–H groups in total. The van der Waals surface area contributed by atoms with Crippen molar-refractivity contribution in [2.75, 3.05) is 0 Å². The fourth-order valence-corrected chi connectivity index (χ4v) is 7.46. The molecule has 4 aromatic rings. The van der Waals surface area contributed by atoms with E-state index in [-0.39, 0.29) is 10.8 Å². The summed E-state index contributed by atoms with van der Waals surface area (Å²) in [6.45, 7) is 13.8. The quantitative estimate of drug-likeness (QED) is 0.162. The average molecular weight is 593 g/mol. The van der Waals surface area contributed by atoms with E-state index in [1.807, 2.05) is 12.1 Å². The van der Waals surface area contributed by atoms with Gasteiger partial charge in [0.05, 0.1) is 0 Å². The number of hydrogen-bond donors (Lipinski definition) is 1. The van der Waals surface area contributed by atoms with Crippen molar-refractivity contribution in [1.29, 1.82) is 0 Å². The first-order valence-electron chi connectivity index (χ1n) is 12.1. The average Bonchev–Trinajstić information content (AvgIpc) is 3.13.